The van der Waals surface area contributed by atoms with E-state index in [0.29, 0.717) is 11.8 Å². The monoisotopic (exact) mass is 369 g/mol. The number of rotatable bonds is 3. The van der Waals surface area contributed by atoms with E-state index in [1.165, 1.54) is 0 Å². The maximum Gasteiger partial charge on any atom is 0.322 e. The number of aromatic nitrogens is 3. The molecule has 2 amide bonds. The van der Waals surface area contributed by atoms with Crippen LogP contribution in [0, 0.1) is 13.8 Å². The Labute approximate surface area is 155 Å². The zero-order chi connectivity index (χ0) is 18.1. The summed E-state index contributed by atoms with van der Waals surface area (Å²) in [6, 6.07) is 5.66. The fraction of sp³-hybridized carbons (Fsp3) is 0.333. The average molecular weight is 369 g/mol. The molecule has 1 aromatic carbocycles. The zero-order valence-corrected chi connectivity index (χ0v) is 15.4. The van der Waals surface area contributed by atoms with Crippen molar-refractivity contribution in [2.24, 2.45) is 0 Å². The van der Waals surface area contributed by atoms with Crippen LogP contribution >= 0.6 is 11.3 Å². The van der Waals surface area contributed by atoms with Crippen molar-refractivity contribution >= 4 is 23.1 Å². The highest BCUT2D eigenvalue weighted by Gasteiger charge is 2.31. The number of nitrogens with zero attached hydrogens (tertiary/aromatic N) is 4. The van der Waals surface area contributed by atoms with E-state index in [9.17, 15) is 4.79 Å². The Hall–Kier alpha value is -2.74. The van der Waals surface area contributed by atoms with Crippen LogP contribution in [0.2, 0.25) is 0 Å². The normalized spacial score (nSPS) is 16.8. The fourth-order valence-electron chi connectivity index (χ4n) is 3.16. The Kier molecular flexibility index (Phi) is 4.42. The van der Waals surface area contributed by atoms with Gasteiger partial charge in [0.05, 0.1) is 6.04 Å². The predicted octanol–water partition coefficient (Wildman–Crippen LogP) is 4.18. The van der Waals surface area contributed by atoms with E-state index in [0.717, 1.165) is 41.2 Å². The summed E-state index contributed by atoms with van der Waals surface area (Å²) in [5, 5.41) is 13.9. The Bertz CT molecular complexity index is 922. The lowest BCUT2D eigenvalue weighted by molar-refractivity contribution is 0.207. The van der Waals surface area contributed by atoms with Gasteiger partial charge in [-0.05, 0) is 37.5 Å². The Balaban J connectivity index is 1.55. The molecular formula is C18H19N5O2S. The fourth-order valence-corrected chi connectivity index (χ4v) is 3.94. The second-order valence-corrected chi connectivity index (χ2v) is 7.23. The SMILES string of the molecule is Cc1nnc(-c2ccc(C)c(NC(=O)N3CCCC3c3nccs3)c2)o1. The molecule has 0 saturated carbocycles. The van der Waals surface area contributed by atoms with Crippen LogP contribution in [0.1, 0.15) is 35.3 Å². The van der Waals surface area contributed by atoms with Gasteiger partial charge < -0.3 is 14.6 Å². The molecule has 1 unspecified atom stereocenters. The van der Waals surface area contributed by atoms with Crippen LogP contribution in [0.5, 0.6) is 0 Å². The van der Waals surface area contributed by atoms with Crippen molar-refractivity contribution in [2.75, 3.05) is 11.9 Å². The summed E-state index contributed by atoms with van der Waals surface area (Å²) >= 11 is 1.59. The van der Waals surface area contributed by atoms with Crippen molar-refractivity contribution in [3.05, 3.63) is 46.2 Å². The van der Waals surface area contributed by atoms with Gasteiger partial charge in [0, 0.05) is 36.3 Å². The molecule has 2 aromatic heterocycles. The number of hydrogen-bond donors (Lipinski definition) is 1. The smallest absolute Gasteiger partial charge is 0.322 e. The summed E-state index contributed by atoms with van der Waals surface area (Å²) < 4.78 is 5.48. The molecule has 4 rings (SSSR count). The van der Waals surface area contributed by atoms with Gasteiger partial charge in [0.15, 0.2) is 0 Å². The number of carbonyl (C=O) groups excluding carboxylic acids is 1. The summed E-state index contributed by atoms with van der Waals surface area (Å²) in [6.07, 6.45) is 3.72. The molecule has 1 fully saturated rings. The van der Waals surface area contributed by atoms with Crippen molar-refractivity contribution in [1.82, 2.24) is 20.1 Å². The van der Waals surface area contributed by atoms with Gasteiger partial charge in [-0.15, -0.1) is 21.5 Å². The van der Waals surface area contributed by atoms with Crippen molar-refractivity contribution in [2.45, 2.75) is 32.7 Å². The summed E-state index contributed by atoms with van der Waals surface area (Å²) in [4.78, 5) is 19.1. The van der Waals surface area contributed by atoms with Gasteiger partial charge in [-0.3, -0.25) is 0 Å². The number of likely N-dealkylation sites (tertiary alicyclic amines) is 1. The largest absolute Gasteiger partial charge is 0.421 e. The van der Waals surface area contributed by atoms with E-state index in [-0.39, 0.29) is 12.1 Å². The molecule has 26 heavy (non-hydrogen) atoms. The van der Waals surface area contributed by atoms with Crippen LogP contribution < -0.4 is 5.32 Å². The summed E-state index contributed by atoms with van der Waals surface area (Å²) in [5.41, 5.74) is 2.50. The Morgan fingerprint density at radius 2 is 2.23 bits per heavy atom. The minimum Gasteiger partial charge on any atom is -0.421 e. The van der Waals surface area contributed by atoms with Crippen LogP contribution in [0.25, 0.3) is 11.5 Å². The van der Waals surface area contributed by atoms with Gasteiger partial charge in [0.25, 0.3) is 0 Å². The number of nitrogens with one attached hydrogen (secondary N) is 1. The molecular weight excluding hydrogens is 350 g/mol. The summed E-state index contributed by atoms with van der Waals surface area (Å²) in [6.45, 7) is 4.44. The first kappa shape index (κ1) is 16.7. The molecule has 1 saturated heterocycles. The van der Waals surface area contributed by atoms with Crippen LogP contribution in [0.4, 0.5) is 10.5 Å². The molecule has 0 aliphatic carbocycles. The highest BCUT2D eigenvalue weighted by atomic mass is 32.1. The van der Waals surface area contributed by atoms with Crippen LogP contribution in [0.15, 0.2) is 34.2 Å². The molecule has 1 atom stereocenters. The molecule has 7 nitrogen and oxygen atoms in total. The van der Waals surface area contributed by atoms with Crippen LogP contribution in [-0.4, -0.2) is 32.7 Å². The molecule has 3 heterocycles. The van der Waals surface area contributed by atoms with Gasteiger partial charge >= 0.3 is 6.03 Å². The van der Waals surface area contributed by atoms with E-state index in [2.05, 4.69) is 20.5 Å². The maximum absolute atomic E-state index is 12.9. The lowest BCUT2D eigenvalue weighted by atomic mass is 10.1. The second-order valence-electron chi connectivity index (χ2n) is 6.31. The quantitative estimate of drug-likeness (QED) is 0.749. The lowest BCUT2D eigenvalue weighted by Gasteiger charge is -2.24. The van der Waals surface area contributed by atoms with E-state index < -0.39 is 0 Å². The lowest BCUT2D eigenvalue weighted by Crippen LogP contribution is -2.34. The van der Waals surface area contributed by atoms with Gasteiger partial charge in [0.1, 0.15) is 5.01 Å². The first-order chi connectivity index (χ1) is 12.6. The number of carbonyl (C=O) groups is 1. The Morgan fingerprint density at radius 3 is 2.96 bits per heavy atom. The third-order valence-corrected chi connectivity index (χ3v) is 5.38. The van der Waals surface area contributed by atoms with E-state index in [1.807, 2.05) is 35.4 Å². The number of urea groups is 1. The second kappa shape index (κ2) is 6.87. The molecule has 134 valence electrons. The Morgan fingerprint density at radius 1 is 1.35 bits per heavy atom. The maximum atomic E-state index is 12.9. The molecule has 1 aliphatic rings. The minimum absolute atomic E-state index is 0.0529. The third kappa shape index (κ3) is 3.20. The number of benzene rings is 1. The highest BCUT2D eigenvalue weighted by molar-refractivity contribution is 7.09. The number of aryl methyl sites for hydroxylation is 2. The van der Waals surface area contributed by atoms with Crippen LogP contribution in [0.3, 0.4) is 0 Å². The van der Waals surface area contributed by atoms with Crippen molar-refractivity contribution in [3.63, 3.8) is 0 Å². The number of amides is 2. The molecule has 0 radical (unpaired) electrons. The molecule has 1 N–H and O–H groups in total. The highest BCUT2D eigenvalue weighted by Crippen LogP contribution is 2.34. The number of thiazole rings is 1. The average Bonchev–Trinajstić information content (AvgIpc) is 3.37. The minimum atomic E-state index is -0.107. The van der Waals surface area contributed by atoms with E-state index >= 15 is 0 Å². The molecule has 0 spiro atoms. The van der Waals surface area contributed by atoms with Gasteiger partial charge in [-0.25, -0.2) is 9.78 Å². The van der Waals surface area contributed by atoms with E-state index in [4.69, 9.17) is 4.42 Å². The van der Waals surface area contributed by atoms with Gasteiger partial charge in [0.2, 0.25) is 11.8 Å². The van der Waals surface area contributed by atoms with Gasteiger partial charge in [-0.1, -0.05) is 6.07 Å². The standard InChI is InChI=1S/C18H19N5O2S/c1-11-5-6-13(16-22-21-12(2)25-16)10-14(11)20-18(24)23-8-3-4-15(23)17-19-7-9-26-17/h5-7,9-10,15H,3-4,8H2,1-2H3,(H,20,24). The van der Waals surface area contributed by atoms with E-state index in [1.54, 1.807) is 24.5 Å². The molecule has 1 aliphatic heterocycles. The first-order valence-electron chi connectivity index (χ1n) is 8.50. The molecule has 0 bridgehead atoms. The summed E-state index contributed by atoms with van der Waals surface area (Å²) in [5.74, 6) is 0.953. The number of anilines is 1. The molecule has 8 heteroatoms. The van der Waals surface area contributed by atoms with Crippen LogP contribution in [-0.2, 0) is 0 Å². The topological polar surface area (TPSA) is 84.2 Å². The predicted molar refractivity (Wildman–Crippen MR) is 99.0 cm³/mol. The summed E-state index contributed by atoms with van der Waals surface area (Å²) in [7, 11) is 0. The third-order valence-electron chi connectivity index (χ3n) is 4.50. The molecule has 3 aromatic rings. The van der Waals surface area contributed by atoms with Crippen molar-refractivity contribution < 1.29 is 9.21 Å². The van der Waals surface area contributed by atoms with Crippen molar-refractivity contribution in [3.8, 4) is 11.5 Å². The van der Waals surface area contributed by atoms with Gasteiger partial charge in [-0.2, -0.15) is 0 Å². The number of hydrogen-bond acceptors (Lipinski definition) is 6. The zero-order valence-electron chi connectivity index (χ0n) is 14.6. The van der Waals surface area contributed by atoms with Crippen molar-refractivity contribution in [1.29, 1.82) is 0 Å². The first-order valence-corrected chi connectivity index (χ1v) is 9.38.